The number of fused-ring (bicyclic) bond motifs is 1. The van der Waals surface area contributed by atoms with Crippen LogP contribution in [0.1, 0.15) is 39.5 Å². The molecule has 0 amide bonds. The van der Waals surface area contributed by atoms with Gasteiger partial charge in [-0.3, -0.25) is 19.5 Å². The second-order valence-corrected chi connectivity index (χ2v) is 8.35. The number of benzene rings is 2. The molecule has 32 heavy (non-hydrogen) atoms. The molecule has 1 saturated heterocycles. The Morgan fingerprint density at radius 3 is 2.50 bits per heavy atom. The van der Waals surface area contributed by atoms with Gasteiger partial charge in [0, 0.05) is 17.7 Å². The van der Waals surface area contributed by atoms with E-state index < -0.39 is 11.6 Å². The minimum absolute atomic E-state index is 0.101. The van der Waals surface area contributed by atoms with Crippen molar-refractivity contribution in [3.8, 4) is 0 Å². The number of carboxylic acid groups (broad SMARTS) is 1. The topological polar surface area (TPSA) is 108 Å². The largest absolute Gasteiger partial charge is 0.480 e. The van der Waals surface area contributed by atoms with E-state index >= 15 is 0 Å². The first-order chi connectivity index (χ1) is 15.3. The van der Waals surface area contributed by atoms with Crippen LogP contribution in [0.15, 0.2) is 47.6 Å². The van der Waals surface area contributed by atoms with E-state index in [0.717, 1.165) is 29.8 Å². The zero-order chi connectivity index (χ0) is 22.7. The van der Waals surface area contributed by atoms with Crippen molar-refractivity contribution in [3.63, 3.8) is 0 Å². The van der Waals surface area contributed by atoms with Crippen LogP contribution in [-0.2, 0) is 21.6 Å². The minimum Gasteiger partial charge on any atom is -0.480 e. The molecular weight excluding hydrogens is 408 g/mol. The molecule has 168 valence electrons. The van der Waals surface area contributed by atoms with Gasteiger partial charge in [-0.05, 0) is 36.1 Å². The SMILES string of the molecule is CC1(N)c2cc(C(=O)c3ccc(C=NN4CCOCC4)cc3)ccc2CCN1CC(=O)O. The first-order valence-corrected chi connectivity index (χ1v) is 10.7. The Labute approximate surface area is 187 Å². The molecule has 0 bridgehead atoms. The average molecular weight is 437 g/mol. The number of aliphatic carboxylic acids is 1. The molecule has 2 aromatic rings. The van der Waals surface area contributed by atoms with Crippen molar-refractivity contribution in [3.05, 3.63) is 70.3 Å². The first-order valence-electron chi connectivity index (χ1n) is 10.7. The van der Waals surface area contributed by atoms with E-state index in [2.05, 4.69) is 5.10 Å². The molecule has 1 atom stereocenters. The maximum Gasteiger partial charge on any atom is 0.317 e. The van der Waals surface area contributed by atoms with Crippen molar-refractivity contribution < 1.29 is 19.4 Å². The van der Waals surface area contributed by atoms with E-state index in [1.54, 1.807) is 36.2 Å². The Balaban J connectivity index is 1.51. The number of carbonyl (C=O) groups excluding carboxylic acids is 1. The molecule has 2 heterocycles. The van der Waals surface area contributed by atoms with Crippen molar-refractivity contribution in [1.29, 1.82) is 0 Å². The molecule has 1 fully saturated rings. The van der Waals surface area contributed by atoms with Gasteiger partial charge in [-0.25, -0.2) is 0 Å². The lowest BCUT2D eigenvalue weighted by Gasteiger charge is -2.42. The Morgan fingerprint density at radius 1 is 1.12 bits per heavy atom. The van der Waals surface area contributed by atoms with Crippen LogP contribution in [0.3, 0.4) is 0 Å². The lowest BCUT2D eigenvalue weighted by atomic mass is 9.86. The summed E-state index contributed by atoms with van der Waals surface area (Å²) in [4.78, 5) is 26.1. The maximum atomic E-state index is 13.1. The molecule has 0 saturated carbocycles. The van der Waals surface area contributed by atoms with Crippen LogP contribution in [-0.4, -0.2) is 72.4 Å². The molecule has 2 aliphatic heterocycles. The summed E-state index contributed by atoms with van der Waals surface area (Å²) >= 11 is 0. The normalized spacial score (nSPS) is 21.5. The third-order valence-corrected chi connectivity index (χ3v) is 6.08. The standard InChI is InChI=1S/C24H28N4O4/c1-24(25)21-14-20(7-6-18(21)8-9-27(24)16-22(29)30)23(31)19-4-2-17(3-5-19)15-26-28-10-12-32-13-11-28/h2-7,14-15H,8-13,16,25H2,1H3,(H,29,30). The summed E-state index contributed by atoms with van der Waals surface area (Å²) in [6.45, 7) is 5.13. The van der Waals surface area contributed by atoms with Gasteiger partial charge < -0.3 is 15.6 Å². The van der Waals surface area contributed by atoms with Crippen LogP contribution < -0.4 is 5.73 Å². The highest BCUT2D eigenvalue weighted by Crippen LogP contribution is 2.32. The number of rotatable bonds is 6. The third-order valence-electron chi connectivity index (χ3n) is 6.08. The average Bonchev–Trinajstić information content (AvgIpc) is 2.80. The van der Waals surface area contributed by atoms with Crippen LogP contribution in [0.4, 0.5) is 0 Å². The molecule has 2 aromatic carbocycles. The quantitative estimate of drug-likeness (QED) is 0.524. The Hall–Kier alpha value is -3.07. The van der Waals surface area contributed by atoms with Crippen LogP contribution in [0.5, 0.6) is 0 Å². The number of hydrazone groups is 1. The smallest absolute Gasteiger partial charge is 0.317 e. The van der Waals surface area contributed by atoms with Crippen LogP contribution in [0, 0.1) is 0 Å². The summed E-state index contributed by atoms with van der Waals surface area (Å²) < 4.78 is 5.32. The molecule has 1 unspecified atom stereocenters. The van der Waals surface area contributed by atoms with Gasteiger partial charge in [0.25, 0.3) is 0 Å². The Morgan fingerprint density at radius 2 is 1.81 bits per heavy atom. The maximum absolute atomic E-state index is 13.1. The monoisotopic (exact) mass is 436 g/mol. The van der Waals surface area contributed by atoms with Gasteiger partial charge in [-0.2, -0.15) is 5.10 Å². The van der Waals surface area contributed by atoms with Gasteiger partial charge in [-0.15, -0.1) is 0 Å². The lowest BCUT2D eigenvalue weighted by Crippen LogP contribution is -2.56. The molecule has 0 spiro atoms. The first kappa shape index (κ1) is 22.1. The number of ketones is 1. The van der Waals surface area contributed by atoms with E-state index in [1.807, 2.05) is 29.3 Å². The number of carboxylic acids is 1. The van der Waals surface area contributed by atoms with Crippen LogP contribution >= 0.6 is 0 Å². The van der Waals surface area contributed by atoms with Crippen molar-refractivity contribution >= 4 is 18.0 Å². The summed E-state index contributed by atoms with van der Waals surface area (Å²) in [6, 6.07) is 12.9. The fourth-order valence-electron chi connectivity index (χ4n) is 4.18. The molecule has 2 aliphatic rings. The highest BCUT2D eigenvalue weighted by Gasteiger charge is 2.36. The minimum atomic E-state index is -0.956. The van der Waals surface area contributed by atoms with E-state index in [-0.39, 0.29) is 12.3 Å². The molecule has 4 rings (SSSR count). The van der Waals surface area contributed by atoms with Gasteiger partial charge in [0.15, 0.2) is 5.78 Å². The predicted octanol–water partition coefficient (Wildman–Crippen LogP) is 1.66. The van der Waals surface area contributed by atoms with Crippen molar-refractivity contribution in [2.24, 2.45) is 10.8 Å². The van der Waals surface area contributed by atoms with Gasteiger partial charge in [-0.1, -0.05) is 36.4 Å². The number of hydrogen-bond donors (Lipinski definition) is 2. The zero-order valence-corrected chi connectivity index (χ0v) is 18.2. The molecule has 0 aliphatic carbocycles. The lowest BCUT2D eigenvalue weighted by molar-refractivity contribution is -0.140. The number of nitrogens with two attached hydrogens (primary N) is 1. The highest BCUT2D eigenvalue weighted by atomic mass is 16.5. The fraction of sp³-hybridized carbons (Fsp3) is 0.375. The third kappa shape index (κ3) is 4.72. The van der Waals surface area contributed by atoms with Crippen molar-refractivity contribution in [1.82, 2.24) is 9.91 Å². The van der Waals surface area contributed by atoms with Crippen LogP contribution in [0.25, 0.3) is 0 Å². The summed E-state index contributed by atoms with van der Waals surface area (Å²) in [5.41, 5.74) is 9.44. The van der Waals surface area contributed by atoms with Gasteiger partial charge in [0.2, 0.25) is 0 Å². The summed E-state index contributed by atoms with van der Waals surface area (Å²) in [6.07, 6.45) is 2.48. The molecule has 8 nitrogen and oxygen atoms in total. The summed E-state index contributed by atoms with van der Waals surface area (Å²) in [5, 5.41) is 15.6. The van der Waals surface area contributed by atoms with E-state index in [9.17, 15) is 14.7 Å². The number of nitrogens with zero attached hydrogens (tertiary/aromatic N) is 3. The fourth-order valence-corrected chi connectivity index (χ4v) is 4.18. The van der Waals surface area contributed by atoms with Crippen molar-refractivity contribution in [2.75, 3.05) is 39.4 Å². The molecule has 3 N–H and O–H groups in total. The van der Waals surface area contributed by atoms with Gasteiger partial charge in [0.1, 0.15) is 0 Å². The zero-order valence-electron chi connectivity index (χ0n) is 18.2. The second kappa shape index (κ2) is 9.20. The second-order valence-electron chi connectivity index (χ2n) is 8.35. The van der Waals surface area contributed by atoms with Gasteiger partial charge in [0.05, 0.1) is 44.7 Å². The molecular formula is C24H28N4O4. The van der Waals surface area contributed by atoms with E-state index in [1.165, 1.54) is 0 Å². The molecule has 0 aromatic heterocycles. The molecule has 0 radical (unpaired) electrons. The van der Waals surface area contributed by atoms with E-state index in [0.29, 0.717) is 37.3 Å². The number of hydrogen-bond acceptors (Lipinski definition) is 7. The van der Waals surface area contributed by atoms with Gasteiger partial charge >= 0.3 is 5.97 Å². The number of carbonyl (C=O) groups is 2. The molecule has 8 heteroatoms. The summed E-state index contributed by atoms with van der Waals surface area (Å²) in [7, 11) is 0. The van der Waals surface area contributed by atoms with Crippen molar-refractivity contribution in [2.45, 2.75) is 19.0 Å². The van der Waals surface area contributed by atoms with Crippen LogP contribution in [0.2, 0.25) is 0 Å². The number of morpholine rings is 1. The Kier molecular flexibility index (Phi) is 6.36. The van der Waals surface area contributed by atoms with E-state index in [4.69, 9.17) is 10.5 Å². The highest BCUT2D eigenvalue weighted by molar-refractivity contribution is 6.09. The Bertz CT molecular complexity index is 1030. The summed E-state index contributed by atoms with van der Waals surface area (Å²) in [5.74, 6) is -1.02. The predicted molar refractivity (Wildman–Crippen MR) is 121 cm³/mol. The number of ether oxygens (including phenoxy) is 1.